The molecule has 0 bridgehead atoms. The number of benzene rings is 1. The molecule has 1 aliphatic carbocycles. The first-order valence-electron chi connectivity index (χ1n) is 8.51. The molecule has 1 atom stereocenters. The Morgan fingerprint density at radius 2 is 2.00 bits per heavy atom. The fourth-order valence-corrected chi connectivity index (χ4v) is 4.12. The van der Waals surface area contributed by atoms with Crippen LogP contribution in [0.25, 0.3) is 10.9 Å². The second-order valence-electron chi connectivity index (χ2n) is 6.70. The van der Waals surface area contributed by atoms with E-state index in [1.807, 2.05) is 0 Å². The van der Waals surface area contributed by atoms with Crippen LogP contribution in [0.4, 0.5) is 13.2 Å². The molecule has 1 aromatic heterocycles. The maximum Gasteiger partial charge on any atom is 0.534 e. The summed E-state index contributed by atoms with van der Waals surface area (Å²) in [7, 11) is -5.83. The highest BCUT2D eigenvalue weighted by Gasteiger charge is 2.49. The molecule has 0 radical (unpaired) electrons. The summed E-state index contributed by atoms with van der Waals surface area (Å²) in [5.41, 5.74) is -4.88. The Balaban J connectivity index is 1.87. The predicted octanol–water partition coefficient (Wildman–Crippen LogP) is 4.49. The molecule has 0 spiro atoms. The van der Waals surface area contributed by atoms with Gasteiger partial charge in [-0.2, -0.15) is 26.7 Å². The van der Waals surface area contributed by atoms with Crippen LogP contribution >= 0.6 is 11.6 Å². The van der Waals surface area contributed by atoms with E-state index in [9.17, 15) is 21.6 Å². The first-order chi connectivity index (χ1) is 12.7. The maximum absolute atomic E-state index is 12.9. The minimum Gasteiger partial charge on any atom is -0.375 e. The largest absolute Gasteiger partial charge is 0.534 e. The van der Waals surface area contributed by atoms with E-state index >= 15 is 0 Å². The van der Waals surface area contributed by atoms with Crippen LogP contribution in [0.1, 0.15) is 49.8 Å². The number of ether oxygens (including phenoxy) is 1. The van der Waals surface area contributed by atoms with Crippen molar-refractivity contribution in [3.63, 3.8) is 0 Å². The Bertz CT molecular complexity index is 980. The van der Waals surface area contributed by atoms with E-state index in [0.29, 0.717) is 31.4 Å². The lowest BCUT2D eigenvalue weighted by Gasteiger charge is -2.24. The van der Waals surface area contributed by atoms with Crippen LogP contribution in [0.5, 0.6) is 5.75 Å². The normalized spacial score (nSPS) is 21.6. The molecular weight excluding hydrogens is 409 g/mol. The van der Waals surface area contributed by atoms with Crippen LogP contribution in [-0.2, 0) is 14.9 Å². The molecule has 0 amide bonds. The smallest absolute Gasteiger partial charge is 0.375 e. The standard InChI is InChI=1S/C16H16ClF3N2O4S/c17-11-7-12-10(8-21-22(12)13-3-1-2-6-25-13)15(14(11)9-4-5-9)26-27(23,24)16(18,19)20/h7-9,13H,1-6H2. The number of hydrogen-bond donors (Lipinski definition) is 0. The van der Waals surface area contributed by atoms with E-state index in [1.165, 1.54) is 10.9 Å². The summed E-state index contributed by atoms with van der Waals surface area (Å²) in [5, 5.41) is 4.54. The molecule has 1 aliphatic heterocycles. The fourth-order valence-electron chi connectivity index (χ4n) is 3.29. The molecule has 6 nitrogen and oxygen atoms in total. The van der Waals surface area contributed by atoms with E-state index in [-0.39, 0.29) is 33.9 Å². The van der Waals surface area contributed by atoms with Crippen molar-refractivity contribution < 1.29 is 30.5 Å². The van der Waals surface area contributed by atoms with Crippen LogP contribution in [0.15, 0.2) is 12.3 Å². The Labute approximate surface area is 158 Å². The third-order valence-corrected chi connectivity index (χ3v) is 6.00. The third-order valence-electron chi connectivity index (χ3n) is 4.73. The number of hydrogen-bond acceptors (Lipinski definition) is 5. The van der Waals surface area contributed by atoms with Crippen molar-refractivity contribution in [2.75, 3.05) is 6.61 Å². The summed E-state index contributed by atoms with van der Waals surface area (Å²) in [5.74, 6) is -0.519. The molecule has 148 valence electrons. The average Bonchev–Trinajstić information content (AvgIpc) is 3.33. The molecule has 2 fully saturated rings. The summed E-state index contributed by atoms with van der Waals surface area (Å²) >= 11 is 6.32. The Hall–Kier alpha value is -1.52. The minimum absolute atomic E-state index is 0.130. The lowest BCUT2D eigenvalue weighted by atomic mass is 10.1. The zero-order valence-electron chi connectivity index (χ0n) is 14.0. The second-order valence-corrected chi connectivity index (χ2v) is 8.65. The van der Waals surface area contributed by atoms with E-state index in [1.54, 1.807) is 6.07 Å². The second kappa shape index (κ2) is 6.52. The van der Waals surface area contributed by atoms with E-state index in [2.05, 4.69) is 9.28 Å². The summed E-state index contributed by atoms with van der Waals surface area (Å²) in [4.78, 5) is 0. The monoisotopic (exact) mass is 424 g/mol. The van der Waals surface area contributed by atoms with Gasteiger partial charge in [-0.05, 0) is 44.1 Å². The molecule has 2 aliphatic rings. The minimum atomic E-state index is -5.83. The SMILES string of the molecule is O=S(=O)(Oc1c(C2CC2)c(Cl)cc2c1cnn2C1CCCCO1)C(F)(F)F. The summed E-state index contributed by atoms with van der Waals surface area (Å²) < 4.78 is 73.7. The molecule has 2 heterocycles. The van der Waals surface area contributed by atoms with Gasteiger partial charge in [0.2, 0.25) is 0 Å². The Morgan fingerprint density at radius 3 is 2.59 bits per heavy atom. The average molecular weight is 425 g/mol. The van der Waals surface area contributed by atoms with Gasteiger partial charge in [0.15, 0.2) is 12.0 Å². The molecule has 4 rings (SSSR count). The maximum atomic E-state index is 12.9. The van der Waals surface area contributed by atoms with E-state index in [4.69, 9.17) is 16.3 Å². The number of halogens is 4. The van der Waals surface area contributed by atoms with Crippen molar-refractivity contribution in [1.82, 2.24) is 9.78 Å². The van der Waals surface area contributed by atoms with Gasteiger partial charge in [0.25, 0.3) is 0 Å². The summed E-state index contributed by atoms with van der Waals surface area (Å²) in [6.07, 6.45) is 4.85. The molecule has 0 N–H and O–H groups in total. The van der Waals surface area contributed by atoms with Crippen molar-refractivity contribution >= 4 is 32.6 Å². The van der Waals surface area contributed by atoms with Crippen molar-refractivity contribution in [2.24, 2.45) is 0 Å². The molecular formula is C16H16ClF3N2O4S. The van der Waals surface area contributed by atoms with Crippen LogP contribution in [-0.4, -0.2) is 30.3 Å². The highest BCUT2D eigenvalue weighted by molar-refractivity contribution is 7.88. The first-order valence-corrected chi connectivity index (χ1v) is 10.3. The van der Waals surface area contributed by atoms with Gasteiger partial charge in [0.1, 0.15) is 0 Å². The third kappa shape index (κ3) is 3.38. The molecule has 1 saturated heterocycles. The predicted molar refractivity (Wildman–Crippen MR) is 91.2 cm³/mol. The lowest BCUT2D eigenvalue weighted by molar-refractivity contribution is -0.0499. The van der Waals surface area contributed by atoms with Gasteiger partial charge < -0.3 is 8.92 Å². The van der Waals surface area contributed by atoms with Crippen molar-refractivity contribution in [2.45, 2.75) is 49.8 Å². The van der Waals surface area contributed by atoms with E-state index < -0.39 is 15.6 Å². The zero-order chi connectivity index (χ0) is 19.4. The van der Waals surface area contributed by atoms with Gasteiger partial charge in [-0.3, -0.25) is 0 Å². The zero-order valence-corrected chi connectivity index (χ0v) is 15.6. The van der Waals surface area contributed by atoms with Crippen LogP contribution in [0, 0.1) is 0 Å². The van der Waals surface area contributed by atoms with Gasteiger partial charge in [-0.25, -0.2) is 4.68 Å². The topological polar surface area (TPSA) is 70.4 Å². The number of nitrogens with zero attached hydrogens (tertiary/aromatic N) is 2. The van der Waals surface area contributed by atoms with Crippen LogP contribution in [0.2, 0.25) is 5.02 Å². The molecule has 2 aromatic rings. The number of fused-ring (bicyclic) bond motifs is 1. The van der Waals surface area contributed by atoms with Crippen molar-refractivity contribution in [3.05, 3.63) is 22.8 Å². The number of alkyl halides is 3. The van der Waals surface area contributed by atoms with Gasteiger partial charge in [-0.15, -0.1) is 0 Å². The molecule has 11 heteroatoms. The van der Waals surface area contributed by atoms with Gasteiger partial charge in [0, 0.05) is 17.2 Å². The summed E-state index contributed by atoms with van der Waals surface area (Å²) in [6, 6.07) is 1.59. The van der Waals surface area contributed by atoms with Crippen LogP contribution in [0.3, 0.4) is 0 Å². The highest BCUT2D eigenvalue weighted by atomic mass is 35.5. The Kier molecular flexibility index (Phi) is 4.55. The molecule has 1 saturated carbocycles. The quantitative estimate of drug-likeness (QED) is 0.534. The number of aromatic nitrogens is 2. The van der Waals surface area contributed by atoms with E-state index in [0.717, 1.165) is 12.8 Å². The molecule has 1 unspecified atom stereocenters. The van der Waals surface area contributed by atoms with Crippen LogP contribution < -0.4 is 4.18 Å². The van der Waals surface area contributed by atoms with Gasteiger partial charge in [-0.1, -0.05) is 11.6 Å². The number of rotatable bonds is 4. The van der Waals surface area contributed by atoms with Crippen molar-refractivity contribution in [1.29, 1.82) is 0 Å². The van der Waals surface area contributed by atoms with Crippen molar-refractivity contribution in [3.8, 4) is 5.75 Å². The molecule has 27 heavy (non-hydrogen) atoms. The molecule has 1 aromatic carbocycles. The highest BCUT2D eigenvalue weighted by Crippen LogP contribution is 2.51. The fraction of sp³-hybridized carbons (Fsp3) is 0.562. The van der Waals surface area contributed by atoms with Gasteiger partial charge >= 0.3 is 15.6 Å². The first kappa shape index (κ1) is 18.8. The van der Waals surface area contributed by atoms with Gasteiger partial charge in [0.05, 0.1) is 17.1 Å². The lowest BCUT2D eigenvalue weighted by Crippen LogP contribution is -2.28. The summed E-state index contributed by atoms with van der Waals surface area (Å²) in [6.45, 7) is 0.547. The Morgan fingerprint density at radius 1 is 1.26 bits per heavy atom.